The normalized spacial score (nSPS) is 10.7. The molecular weight excluding hydrogens is 305 g/mol. The molecule has 0 radical (unpaired) electrons. The van der Waals surface area contributed by atoms with E-state index in [-0.39, 0.29) is 0 Å². The van der Waals surface area contributed by atoms with Crippen molar-refractivity contribution in [1.29, 1.82) is 0 Å². The number of ether oxygens (including phenoxy) is 1. The Hall–Kier alpha value is -0.150. The van der Waals surface area contributed by atoms with Crippen LogP contribution in [0, 0.1) is 0 Å². The number of benzene rings is 1. The van der Waals surface area contributed by atoms with Crippen LogP contribution in [0.4, 0.5) is 0 Å². The Labute approximate surface area is 130 Å². The molecule has 0 unspecified atom stereocenters. The van der Waals surface area contributed by atoms with Crippen molar-refractivity contribution in [1.82, 2.24) is 5.32 Å². The lowest BCUT2D eigenvalue weighted by Crippen LogP contribution is -2.22. The van der Waals surface area contributed by atoms with Gasteiger partial charge in [0.05, 0.1) is 15.1 Å². The molecule has 0 bridgehead atoms. The number of unbranched alkanes of at least 4 members (excludes halogenated alkanes) is 3. The molecule has 0 fully saturated rings. The van der Waals surface area contributed by atoms with Crippen LogP contribution in [0.5, 0.6) is 5.75 Å². The predicted molar refractivity (Wildman–Crippen MR) is 84.0 cm³/mol. The third kappa shape index (κ3) is 6.71. The molecule has 19 heavy (non-hydrogen) atoms. The first-order chi connectivity index (χ1) is 9.15. The van der Waals surface area contributed by atoms with Crippen molar-refractivity contribution in [2.24, 2.45) is 0 Å². The van der Waals surface area contributed by atoms with Crippen molar-refractivity contribution < 1.29 is 4.74 Å². The minimum absolute atomic E-state index is 0.438. The summed E-state index contributed by atoms with van der Waals surface area (Å²) < 4.78 is 5.56. The molecule has 0 saturated heterocycles. The Morgan fingerprint density at radius 1 is 0.947 bits per heavy atom. The SMILES string of the molecule is CCCCCCNCCOc1cc(Cl)c(Cl)cc1Cl. The van der Waals surface area contributed by atoms with Crippen molar-refractivity contribution in [2.75, 3.05) is 19.7 Å². The molecule has 0 amide bonds. The average molecular weight is 325 g/mol. The van der Waals surface area contributed by atoms with E-state index in [0.29, 0.717) is 27.4 Å². The zero-order chi connectivity index (χ0) is 14.1. The third-order valence-electron chi connectivity index (χ3n) is 2.72. The zero-order valence-electron chi connectivity index (χ0n) is 11.1. The summed E-state index contributed by atoms with van der Waals surface area (Å²) in [6.45, 7) is 4.59. The highest BCUT2D eigenvalue weighted by Gasteiger charge is 2.06. The van der Waals surface area contributed by atoms with E-state index in [9.17, 15) is 0 Å². The lowest BCUT2D eigenvalue weighted by Gasteiger charge is -2.10. The molecule has 0 saturated carbocycles. The highest BCUT2D eigenvalue weighted by Crippen LogP contribution is 2.33. The first-order valence-electron chi connectivity index (χ1n) is 6.63. The summed E-state index contributed by atoms with van der Waals surface area (Å²) in [5.41, 5.74) is 0. The number of halogens is 3. The molecule has 2 nitrogen and oxygen atoms in total. The monoisotopic (exact) mass is 323 g/mol. The van der Waals surface area contributed by atoms with Gasteiger partial charge in [-0.2, -0.15) is 0 Å². The molecule has 0 aliphatic rings. The van der Waals surface area contributed by atoms with Gasteiger partial charge in [-0.3, -0.25) is 0 Å². The highest BCUT2D eigenvalue weighted by molar-refractivity contribution is 6.43. The quantitative estimate of drug-likeness (QED) is 0.498. The summed E-state index contributed by atoms with van der Waals surface area (Å²) >= 11 is 17.8. The van der Waals surface area contributed by atoms with Crippen LogP contribution >= 0.6 is 34.8 Å². The van der Waals surface area contributed by atoms with Gasteiger partial charge in [-0.25, -0.2) is 0 Å². The lowest BCUT2D eigenvalue weighted by atomic mass is 10.2. The minimum Gasteiger partial charge on any atom is -0.491 e. The molecule has 5 heteroatoms. The zero-order valence-corrected chi connectivity index (χ0v) is 13.4. The van der Waals surface area contributed by atoms with E-state index >= 15 is 0 Å². The fourth-order valence-corrected chi connectivity index (χ4v) is 2.24. The smallest absolute Gasteiger partial charge is 0.139 e. The Bertz CT molecular complexity index is 385. The molecule has 1 N–H and O–H groups in total. The maximum absolute atomic E-state index is 6.01. The Morgan fingerprint density at radius 2 is 1.68 bits per heavy atom. The van der Waals surface area contributed by atoms with Crippen LogP contribution in [0.3, 0.4) is 0 Å². The summed E-state index contributed by atoms with van der Waals surface area (Å²) in [5, 5.41) is 4.71. The van der Waals surface area contributed by atoms with E-state index in [2.05, 4.69) is 12.2 Å². The van der Waals surface area contributed by atoms with Gasteiger partial charge in [-0.1, -0.05) is 61.0 Å². The lowest BCUT2D eigenvalue weighted by molar-refractivity contribution is 0.313. The molecule has 0 aliphatic carbocycles. The summed E-state index contributed by atoms with van der Waals surface area (Å²) in [5.74, 6) is 0.573. The van der Waals surface area contributed by atoms with E-state index in [1.54, 1.807) is 12.1 Å². The molecular formula is C14H20Cl3NO. The van der Waals surface area contributed by atoms with E-state index < -0.39 is 0 Å². The highest BCUT2D eigenvalue weighted by atomic mass is 35.5. The van der Waals surface area contributed by atoms with Gasteiger partial charge in [0.1, 0.15) is 12.4 Å². The average Bonchev–Trinajstić information content (AvgIpc) is 2.38. The molecule has 0 aromatic heterocycles. The summed E-state index contributed by atoms with van der Waals surface area (Å²) in [4.78, 5) is 0. The van der Waals surface area contributed by atoms with Crippen LogP contribution in [0.2, 0.25) is 15.1 Å². The minimum atomic E-state index is 0.438. The molecule has 1 rings (SSSR count). The second-order valence-electron chi connectivity index (χ2n) is 4.36. The van der Waals surface area contributed by atoms with Crippen molar-refractivity contribution in [3.05, 3.63) is 27.2 Å². The largest absolute Gasteiger partial charge is 0.491 e. The number of hydrogen-bond acceptors (Lipinski definition) is 2. The van der Waals surface area contributed by atoms with Gasteiger partial charge in [0, 0.05) is 12.6 Å². The summed E-state index contributed by atoms with van der Waals surface area (Å²) in [6.07, 6.45) is 5.06. The van der Waals surface area contributed by atoms with Gasteiger partial charge in [0.15, 0.2) is 0 Å². The Balaban J connectivity index is 2.17. The molecule has 1 aromatic rings. The number of nitrogens with one attached hydrogen (secondary N) is 1. The Morgan fingerprint density at radius 3 is 2.42 bits per heavy atom. The van der Waals surface area contributed by atoms with Gasteiger partial charge < -0.3 is 10.1 Å². The fourth-order valence-electron chi connectivity index (χ4n) is 1.65. The molecule has 0 aliphatic heterocycles. The van der Waals surface area contributed by atoms with Gasteiger partial charge in [-0.05, 0) is 19.0 Å². The van der Waals surface area contributed by atoms with E-state index in [4.69, 9.17) is 39.5 Å². The molecule has 0 spiro atoms. The van der Waals surface area contributed by atoms with Crippen molar-refractivity contribution in [3.63, 3.8) is 0 Å². The molecule has 0 heterocycles. The fraction of sp³-hybridized carbons (Fsp3) is 0.571. The maximum atomic E-state index is 6.01. The van der Waals surface area contributed by atoms with Crippen LogP contribution in [0.25, 0.3) is 0 Å². The van der Waals surface area contributed by atoms with Gasteiger partial charge in [0.2, 0.25) is 0 Å². The number of rotatable bonds is 9. The molecule has 1 aromatic carbocycles. The van der Waals surface area contributed by atoms with Crippen molar-refractivity contribution >= 4 is 34.8 Å². The van der Waals surface area contributed by atoms with Crippen molar-refractivity contribution in [3.8, 4) is 5.75 Å². The topological polar surface area (TPSA) is 21.3 Å². The Kier molecular flexibility index (Phi) is 8.64. The second-order valence-corrected chi connectivity index (χ2v) is 5.58. The van der Waals surface area contributed by atoms with Gasteiger partial charge in [-0.15, -0.1) is 0 Å². The van der Waals surface area contributed by atoms with Crippen LogP contribution in [0.1, 0.15) is 32.6 Å². The molecule has 108 valence electrons. The summed E-state index contributed by atoms with van der Waals surface area (Å²) in [6, 6.07) is 3.24. The van der Waals surface area contributed by atoms with Gasteiger partial charge >= 0.3 is 0 Å². The van der Waals surface area contributed by atoms with Crippen LogP contribution < -0.4 is 10.1 Å². The molecule has 0 atom stereocenters. The van der Waals surface area contributed by atoms with Crippen LogP contribution in [-0.2, 0) is 0 Å². The first-order valence-corrected chi connectivity index (χ1v) is 7.76. The summed E-state index contributed by atoms with van der Waals surface area (Å²) in [7, 11) is 0. The van der Waals surface area contributed by atoms with Crippen LogP contribution in [-0.4, -0.2) is 19.7 Å². The van der Waals surface area contributed by atoms with Gasteiger partial charge in [0.25, 0.3) is 0 Å². The maximum Gasteiger partial charge on any atom is 0.139 e. The number of hydrogen-bond donors (Lipinski definition) is 1. The van der Waals surface area contributed by atoms with Crippen molar-refractivity contribution in [2.45, 2.75) is 32.6 Å². The van der Waals surface area contributed by atoms with E-state index in [0.717, 1.165) is 13.1 Å². The third-order valence-corrected chi connectivity index (χ3v) is 3.74. The van der Waals surface area contributed by atoms with E-state index in [1.165, 1.54) is 25.7 Å². The van der Waals surface area contributed by atoms with E-state index in [1.807, 2.05) is 0 Å². The first kappa shape index (κ1) is 16.9. The van der Waals surface area contributed by atoms with Crippen LogP contribution in [0.15, 0.2) is 12.1 Å². The standard InChI is InChI=1S/C14H20Cl3NO/c1-2-3-4-5-6-18-7-8-19-14-10-12(16)11(15)9-13(14)17/h9-10,18H,2-8H2,1H3. The second kappa shape index (κ2) is 9.71. The predicted octanol–water partition coefficient (Wildman–Crippen LogP) is 5.20.